The number of hydrogen-bond donors (Lipinski definition) is 1. The lowest BCUT2D eigenvalue weighted by molar-refractivity contribution is -0.0199. The highest BCUT2D eigenvalue weighted by Gasteiger charge is 2.19. The Balaban J connectivity index is 2.00. The van der Waals surface area contributed by atoms with E-state index < -0.39 is 0 Å². The van der Waals surface area contributed by atoms with Crippen LogP contribution in [-0.4, -0.2) is 37.2 Å². The zero-order valence-corrected chi connectivity index (χ0v) is 11.6. The molecule has 0 aromatic heterocycles. The van der Waals surface area contributed by atoms with E-state index in [9.17, 15) is 0 Å². The van der Waals surface area contributed by atoms with Gasteiger partial charge < -0.3 is 10.5 Å². The third-order valence-electron chi connectivity index (χ3n) is 3.60. The molecule has 3 heteroatoms. The average molecular weight is 248 g/mol. The second-order valence-electron chi connectivity index (χ2n) is 5.41. The number of nitrogens with zero attached hydrogens (tertiary/aromatic N) is 1. The van der Waals surface area contributed by atoms with E-state index in [1.54, 1.807) is 0 Å². The van der Waals surface area contributed by atoms with Gasteiger partial charge in [0.05, 0.1) is 12.7 Å². The maximum absolute atomic E-state index is 6.34. The summed E-state index contributed by atoms with van der Waals surface area (Å²) in [5.74, 6) is 0. The van der Waals surface area contributed by atoms with Crippen molar-refractivity contribution in [2.45, 2.75) is 32.9 Å². The molecular formula is C15H24N2O. The van der Waals surface area contributed by atoms with E-state index in [1.807, 2.05) is 0 Å². The second-order valence-corrected chi connectivity index (χ2v) is 5.41. The number of hydrogen-bond acceptors (Lipinski definition) is 3. The van der Waals surface area contributed by atoms with Crippen LogP contribution in [0.25, 0.3) is 0 Å². The Morgan fingerprint density at radius 3 is 2.89 bits per heavy atom. The first-order chi connectivity index (χ1) is 8.56. The van der Waals surface area contributed by atoms with E-state index in [0.29, 0.717) is 6.10 Å². The van der Waals surface area contributed by atoms with E-state index in [1.165, 1.54) is 16.7 Å². The van der Waals surface area contributed by atoms with Gasteiger partial charge in [0.25, 0.3) is 0 Å². The van der Waals surface area contributed by atoms with Crippen LogP contribution in [-0.2, 0) is 4.74 Å². The van der Waals surface area contributed by atoms with Crippen molar-refractivity contribution >= 4 is 0 Å². The minimum atomic E-state index is 0.0934. The Hall–Kier alpha value is -0.900. The molecule has 1 aromatic carbocycles. The monoisotopic (exact) mass is 248 g/mol. The van der Waals surface area contributed by atoms with Crippen molar-refractivity contribution in [3.05, 3.63) is 34.9 Å². The van der Waals surface area contributed by atoms with Gasteiger partial charge in [0, 0.05) is 25.7 Å². The minimum Gasteiger partial charge on any atom is -0.376 e. The van der Waals surface area contributed by atoms with Gasteiger partial charge in [-0.25, -0.2) is 0 Å². The van der Waals surface area contributed by atoms with Crippen LogP contribution in [0.3, 0.4) is 0 Å². The molecule has 18 heavy (non-hydrogen) atoms. The quantitative estimate of drug-likeness (QED) is 0.889. The zero-order chi connectivity index (χ0) is 13.1. The summed E-state index contributed by atoms with van der Waals surface area (Å²) in [7, 11) is 0. The molecule has 3 nitrogen and oxygen atoms in total. The predicted molar refractivity (Wildman–Crippen MR) is 74.7 cm³/mol. The fourth-order valence-corrected chi connectivity index (χ4v) is 2.67. The molecule has 2 rings (SSSR count). The highest BCUT2D eigenvalue weighted by Crippen LogP contribution is 2.19. The summed E-state index contributed by atoms with van der Waals surface area (Å²) in [4.78, 5) is 2.40. The van der Waals surface area contributed by atoms with E-state index >= 15 is 0 Å². The smallest absolute Gasteiger partial charge is 0.0674 e. The van der Waals surface area contributed by atoms with Crippen LogP contribution < -0.4 is 5.73 Å². The summed E-state index contributed by atoms with van der Waals surface area (Å²) in [6.07, 6.45) is 0.324. The van der Waals surface area contributed by atoms with Crippen molar-refractivity contribution in [3.63, 3.8) is 0 Å². The fraction of sp³-hybridized carbons (Fsp3) is 0.600. The van der Waals surface area contributed by atoms with Crippen molar-refractivity contribution in [2.75, 3.05) is 26.2 Å². The molecule has 0 amide bonds. The van der Waals surface area contributed by atoms with Crippen LogP contribution in [0, 0.1) is 13.8 Å². The van der Waals surface area contributed by atoms with E-state index in [2.05, 4.69) is 43.9 Å². The Morgan fingerprint density at radius 1 is 1.44 bits per heavy atom. The largest absolute Gasteiger partial charge is 0.376 e. The molecule has 1 fully saturated rings. The van der Waals surface area contributed by atoms with Gasteiger partial charge in [-0.15, -0.1) is 0 Å². The average Bonchev–Trinajstić information content (AvgIpc) is 2.28. The van der Waals surface area contributed by atoms with Crippen LogP contribution in [0.5, 0.6) is 0 Å². The van der Waals surface area contributed by atoms with Crippen LogP contribution in [0.4, 0.5) is 0 Å². The molecule has 100 valence electrons. The zero-order valence-electron chi connectivity index (χ0n) is 11.6. The Labute approximate surface area is 110 Å². The molecule has 1 aliphatic heterocycles. The molecule has 0 aliphatic carbocycles. The van der Waals surface area contributed by atoms with Crippen LogP contribution in [0.1, 0.15) is 29.7 Å². The van der Waals surface area contributed by atoms with Crippen LogP contribution in [0.2, 0.25) is 0 Å². The minimum absolute atomic E-state index is 0.0934. The van der Waals surface area contributed by atoms with Gasteiger partial charge in [-0.2, -0.15) is 0 Å². The van der Waals surface area contributed by atoms with Gasteiger partial charge >= 0.3 is 0 Å². The second kappa shape index (κ2) is 5.83. The molecule has 2 unspecified atom stereocenters. The van der Waals surface area contributed by atoms with Crippen molar-refractivity contribution in [1.29, 1.82) is 0 Å². The first-order valence-electron chi connectivity index (χ1n) is 6.73. The molecule has 2 atom stereocenters. The van der Waals surface area contributed by atoms with Crippen molar-refractivity contribution < 1.29 is 4.74 Å². The summed E-state index contributed by atoms with van der Waals surface area (Å²) in [6.45, 7) is 10.1. The lowest BCUT2D eigenvalue weighted by Crippen LogP contribution is -2.44. The van der Waals surface area contributed by atoms with Gasteiger partial charge in [-0.05, 0) is 31.9 Å². The number of rotatable bonds is 3. The molecule has 1 saturated heterocycles. The third kappa shape index (κ3) is 3.31. The van der Waals surface area contributed by atoms with Crippen LogP contribution >= 0.6 is 0 Å². The molecule has 0 radical (unpaired) electrons. The Bertz CT molecular complexity index is 405. The Kier molecular flexibility index (Phi) is 4.38. The van der Waals surface area contributed by atoms with Crippen molar-refractivity contribution in [2.24, 2.45) is 5.73 Å². The van der Waals surface area contributed by atoms with Gasteiger partial charge in [-0.3, -0.25) is 4.90 Å². The third-order valence-corrected chi connectivity index (χ3v) is 3.60. The maximum atomic E-state index is 6.34. The normalized spacial score (nSPS) is 23.0. The number of nitrogens with two attached hydrogens (primary N) is 1. The molecule has 2 N–H and O–H groups in total. The highest BCUT2D eigenvalue weighted by molar-refractivity contribution is 5.32. The van der Waals surface area contributed by atoms with Gasteiger partial charge in [0.1, 0.15) is 0 Å². The molecule has 1 aliphatic rings. The summed E-state index contributed by atoms with van der Waals surface area (Å²) in [5, 5.41) is 0. The number of aryl methyl sites for hydroxylation is 2. The SMILES string of the molecule is Cc1ccc(C(N)CN2CCOC(C)C2)c(C)c1. The van der Waals surface area contributed by atoms with Gasteiger partial charge in [-0.1, -0.05) is 23.8 Å². The standard InChI is InChI=1S/C15H24N2O/c1-11-4-5-14(12(2)8-11)15(16)10-17-6-7-18-13(3)9-17/h4-5,8,13,15H,6-7,9-10,16H2,1-3H3. The van der Waals surface area contributed by atoms with Gasteiger partial charge in [0.15, 0.2) is 0 Å². The molecule has 0 saturated carbocycles. The first kappa shape index (κ1) is 13.5. The summed E-state index contributed by atoms with van der Waals surface area (Å²) in [6, 6.07) is 6.61. The summed E-state index contributed by atoms with van der Waals surface area (Å²) < 4.78 is 5.55. The molecule has 1 heterocycles. The topological polar surface area (TPSA) is 38.5 Å². The van der Waals surface area contributed by atoms with E-state index in [4.69, 9.17) is 10.5 Å². The fourth-order valence-electron chi connectivity index (χ4n) is 2.67. The van der Waals surface area contributed by atoms with Crippen LogP contribution in [0.15, 0.2) is 18.2 Å². The molecular weight excluding hydrogens is 224 g/mol. The molecule has 0 spiro atoms. The molecule has 0 bridgehead atoms. The molecule has 1 aromatic rings. The van der Waals surface area contributed by atoms with Crippen molar-refractivity contribution in [1.82, 2.24) is 4.90 Å². The lowest BCUT2D eigenvalue weighted by Gasteiger charge is -2.33. The van der Waals surface area contributed by atoms with E-state index in [0.717, 1.165) is 26.2 Å². The summed E-state index contributed by atoms with van der Waals surface area (Å²) in [5.41, 5.74) is 10.2. The predicted octanol–water partition coefficient (Wildman–Crippen LogP) is 2.02. The van der Waals surface area contributed by atoms with E-state index in [-0.39, 0.29) is 6.04 Å². The lowest BCUT2D eigenvalue weighted by atomic mass is 9.99. The number of morpholine rings is 1. The van der Waals surface area contributed by atoms with Gasteiger partial charge in [0.2, 0.25) is 0 Å². The highest BCUT2D eigenvalue weighted by atomic mass is 16.5. The maximum Gasteiger partial charge on any atom is 0.0674 e. The number of benzene rings is 1. The number of ether oxygens (including phenoxy) is 1. The summed E-state index contributed by atoms with van der Waals surface area (Å²) >= 11 is 0. The Morgan fingerprint density at radius 2 is 2.22 bits per heavy atom. The van der Waals surface area contributed by atoms with Crippen molar-refractivity contribution in [3.8, 4) is 0 Å². The first-order valence-corrected chi connectivity index (χ1v) is 6.73.